The molecule has 2 heterocycles. The minimum absolute atomic E-state index is 0.619. The van der Waals surface area contributed by atoms with E-state index in [0.29, 0.717) is 6.04 Å². The fourth-order valence-corrected chi connectivity index (χ4v) is 2.13. The number of aryl methyl sites for hydroxylation is 1. The molecule has 1 aliphatic heterocycles. The predicted octanol–water partition coefficient (Wildman–Crippen LogP) is 0.816. The largest absolute Gasteiger partial charge is 0.339 e. The van der Waals surface area contributed by atoms with E-state index in [2.05, 4.69) is 27.3 Å². The summed E-state index contributed by atoms with van der Waals surface area (Å²) in [6.07, 6.45) is 2.02. The Kier molecular flexibility index (Phi) is 3.90. The topological polar surface area (TPSA) is 54.2 Å². The van der Waals surface area contributed by atoms with Crippen molar-refractivity contribution >= 4 is 0 Å². The fraction of sp³-hybridized carbons (Fsp3) is 0.818. The molecule has 90 valence electrons. The molecule has 1 atom stereocenters. The monoisotopic (exact) mass is 224 g/mol. The zero-order valence-corrected chi connectivity index (χ0v) is 10.1. The standard InChI is InChI=1S/C11H20N4O/c1-3-11-13-10(14-16-11)8-15(4-2)9-5-6-12-7-9/h9,12H,3-8H2,1-2H3. The summed E-state index contributed by atoms with van der Waals surface area (Å²) in [5.41, 5.74) is 0. The van der Waals surface area contributed by atoms with Gasteiger partial charge in [0.25, 0.3) is 0 Å². The van der Waals surface area contributed by atoms with Gasteiger partial charge in [0, 0.05) is 19.0 Å². The molecular weight excluding hydrogens is 204 g/mol. The van der Waals surface area contributed by atoms with E-state index >= 15 is 0 Å². The molecular formula is C11H20N4O. The summed E-state index contributed by atoms with van der Waals surface area (Å²) in [4.78, 5) is 6.76. The molecule has 0 radical (unpaired) electrons. The van der Waals surface area contributed by atoms with Crippen LogP contribution in [-0.4, -0.2) is 40.7 Å². The Bertz CT molecular complexity index is 320. The van der Waals surface area contributed by atoms with Crippen LogP contribution in [0.15, 0.2) is 4.52 Å². The maximum Gasteiger partial charge on any atom is 0.226 e. The van der Waals surface area contributed by atoms with Crippen molar-refractivity contribution in [3.63, 3.8) is 0 Å². The lowest BCUT2D eigenvalue weighted by Gasteiger charge is -2.25. The van der Waals surface area contributed by atoms with Crippen molar-refractivity contribution in [1.29, 1.82) is 0 Å². The molecule has 0 aromatic carbocycles. The molecule has 0 aliphatic carbocycles. The van der Waals surface area contributed by atoms with Gasteiger partial charge in [-0.2, -0.15) is 4.98 Å². The van der Waals surface area contributed by atoms with Gasteiger partial charge in [-0.25, -0.2) is 0 Å². The average Bonchev–Trinajstić information content (AvgIpc) is 2.96. The highest BCUT2D eigenvalue weighted by molar-refractivity contribution is 4.89. The van der Waals surface area contributed by atoms with Crippen molar-refractivity contribution in [2.24, 2.45) is 0 Å². The maximum absolute atomic E-state index is 5.12. The van der Waals surface area contributed by atoms with Crippen molar-refractivity contribution < 1.29 is 4.52 Å². The Hall–Kier alpha value is -0.940. The average molecular weight is 224 g/mol. The van der Waals surface area contributed by atoms with Gasteiger partial charge in [-0.3, -0.25) is 4.90 Å². The van der Waals surface area contributed by atoms with Crippen molar-refractivity contribution in [2.75, 3.05) is 19.6 Å². The third-order valence-corrected chi connectivity index (χ3v) is 3.11. The molecule has 1 saturated heterocycles. The third-order valence-electron chi connectivity index (χ3n) is 3.11. The summed E-state index contributed by atoms with van der Waals surface area (Å²) in [6.45, 7) is 8.23. The molecule has 1 N–H and O–H groups in total. The minimum Gasteiger partial charge on any atom is -0.339 e. The second-order valence-electron chi connectivity index (χ2n) is 4.17. The quantitative estimate of drug-likeness (QED) is 0.802. The number of aromatic nitrogens is 2. The Morgan fingerprint density at radius 1 is 1.50 bits per heavy atom. The van der Waals surface area contributed by atoms with Crippen molar-refractivity contribution in [3.05, 3.63) is 11.7 Å². The summed E-state index contributed by atoms with van der Waals surface area (Å²) in [7, 11) is 0. The summed E-state index contributed by atoms with van der Waals surface area (Å²) >= 11 is 0. The lowest BCUT2D eigenvalue weighted by molar-refractivity contribution is 0.202. The van der Waals surface area contributed by atoms with Crippen LogP contribution in [0.1, 0.15) is 32.0 Å². The molecule has 0 saturated carbocycles. The van der Waals surface area contributed by atoms with Gasteiger partial charge in [0.15, 0.2) is 5.82 Å². The van der Waals surface area contributed by atoms with Gasteiger partial charge in [0.05, 0.1) is 6.54 Å². The van der Waals surface area contributed by atoms with Gasteiger partial charge in [-0.05, 0) is 19.5 Å². The molecule has 0 spiro atoms. The van der Waals surface area contributed by atoms with E-state index in [1.54, 1.807) is 0 Å². The second kappa shape index (κ2) is 5.41. The first-order valence-electron chi connectivity index (χ1n) is 6.09. The van der Waals surface area contributed by atoms with Crippen LogP contribution >= 0.6 is 0 Å². The highest BCUT2D eigenvalue weighted by atomic mass is 16.5. The van der Waals surface area contributed by atoms with Gasteiger partial charge in [0.1, 0.15) is 0 Å². The highest BCUT2D eigenvalue weighted by Gasteiger charge is 2.22. The van der Waals surface area contributed by atoms with Crippen molar-refractivity contribution in [2.45, 2.75) is 39.3 Å². The van der Waals surface area contributed by atoms with E-state index in [0.717, 1.165) is 44.3 Å². The molecule has 2 rings (SSSR count). The van der Waals surface area contributed by atoms with E-state index in [1.165, 1.54) is 6.42 Å². The molecule has 16 heavy (non-hydrogen) atoms. The summed E-state index contributed by atoms with van der Waals surface area (Å²) in [5.74, 6) is 1.54. The van der Waals surface area contributed by atoms with Gasteiger partial charge >= 0.3 is 0 Å². The first-order valence-corrected chi connectivity index (χ1v) is 6.09. The van der Waals surface area contributed by atoms with Crippen LogP contribution in [0.25, 0.3) is 0 Å². The molecule has 5 nitrogen and oxygen atoms in total. The Balaban J connectivity index is 1.94. The molecule has 1 unspecified atom stereocenters. The molecule has 1 aromatic rings. The first kappa shape index (κ1) is 11.5. The smallest absolute Gasteiger partial charge is 0.226 e. The number of likely N-dealkylation sites (N-methyl/N-ethyl adjacent to an activating group) is 1. The van der Waals surface area contributed by atoms with Crippen LogP contribution in [0.4, 0.5) is 0 Å². The van der Waals surface area contributed by atoms with Crippen LogP contribution in [-0.2, 0) is 13.0 Å². The van der Waals surface area contributed by atoms with Gasteiger partial charge < -0.3 is 9.84 Å². The van der Waals surface area contributed by atoms with Crippen LogP contribution in [0.3, 0.4) is 0 Å². The first-order chi connectivity index (χ1) is 7.83. The predicted molar refractivity (Wildman–Crippen MR) is 61.0 cm³/mol. The Morgan fingerprint density at radius 3 is 2.94 bits per heavy atom. The lowest BCUT2D eigenvalue weighted by atomic mass is 10.2. The Morgan fingerprint density at radius 2 is 2.38 bits per heavy atom. The van der Waals surface area contributed by atoms with E-state index in [-0.39, 0.29) is 0 Å². The summed E-state index contributed by atoms with van der Waals surface area (Å²) in [6, 6.07) is 0.619. The minimum atomic E-state index is 0.619. The number of nitrogens with one attached hydrogen (secondary N) is 1. The number of rotatable bonds is 5. The molecule has 1 fully saturated rings. The van der Waals surface area contributed by atoms with E-state index in [1.807, 2.05) is 6.92 Å². The van der Waals surface area contributed by atoms with E-state index in [4.69, 9.17) is 4.52 Å². The van der Waals surface area contributed by atoms with Crippen LogP contribution in [0, 0.1) is 0 Å². The number of nitrogens with zero attached hydrogens (tertiary/aromatic N) is 3. The summed E-state index contributed by atoms with van der Waals surface area (Å²) in [5, 5.41) is 7.38. The van der Waals surface area contributed by atoms with Gasteiger partial charge in [0.2, 0.25) is 5.89 Å². The highest BCUT2D eigenvalue weighted by Crippen LogP contribution is 2.11. The van der Waals surface area contributed by atoms with E-state index in [9.17, 15) is 0 Å². The summed E-state index contributed by atoms with van der Waals surface area (Å²) < 4.78 is 5.12. The molecule has 1 aromatic heterocycles. The molecule has 0 amide bonds. The Labute approximate surface area is 96.2 Å². The lowest BCUT2D eigenvalue weighted by Crippen LogP contribution is -2.36. The van der Waals surface area contributed by atoms with E-state index < -0.39 is 0 Å². The fourth-order valence-electron chi connectivity index (χ4n) is 2.13. The normalized spacial score (nSPS) is 20.8. The number of hydrogen-bond donors (Lipinski definition) is 1. The SMILES string of the molecule is CCc1nc(CN(CC)C2CCNC2)no1. The zero-order chi connectivity index (χ0) is 11.4. The van der Waals surface area contributed by atoms with Crippen LogP contribution in [0.5, 0.6) is 0 Å². The van der Waals surface area contributed by atoms with Gasteiger partial charge in [-0.15, -0.1) is 0 Å². The maximum atomic E-state index is 5.12. The van der Waals surface area contributed by atoms with Gasteiger partial charge in [-0.1, -0.05) is 19.0 Å². The number of hydrogen-bond acceptors (Lipinski definition) is 5. The van der Waals surface area contributed by atoms with Crippen molar-refractivity contribution in [3.8, 4) is 0 Å². The van der Waals surface area contributed by atoms with Crippen molar-refractivity contribution in [1.82, 2.24) is 20.4 Å². The third kappa shape index (κ3) is 2.59. The zero-order valence-electron chi connectivity index (χ0n) is 10.1. The van der Waals surface area contributed by atoms with Crippen LogP contribution < -0.4 is 5.32 Å². The molecule has 0 bridgehead atoms. The molecule has 5 heteroatoms. The van der Waals surface area contributed by atoms with Crippen LogP contribution in [0.2, 0.25) is 0 Å². The second-order valence-corrected chi connectivity index (χ2v) is 4.17. The molecule has 1 aliphatic rings.